The van der Waals surface area contributed by atoms with Gasteiger partial charge in [-0.1, -0.05) is 11.6 Å². The van der Waals surface area contributed by atoms with Crippen LogP contribution in [0.2, 0.25) is 5.02 Å². The molecule has 0 heterocycles. The van der Waals surface area contributed by atoms with Crippen LogP contribution in [0.4, 0.5) is 5.69 Å². The molecular weight excluding hydrogens is 229 g/mol. The van der Waals surface area contributed by atoms with E-state index in [-0.39, 0.29) is 5.75 Å². The van der Waals surface area contributed by atoms with Gasteiger partial charge in [-0.25, -0.2) is 0 Å². The topological polar surface area (TPSA) is 46.2 Å². The Bertz CT molecular complexity index is 275. The predicted molar refractivity (Wildman–Crippen MR) is 50.0 cm³/mol. The number of phenolic OH excluding ortho intramolecular Hbond substituents is 1. The summed E-state index contributed by atoms with van der Waals surface area (Å²) in [5, 5.41) is 9.67. The lowest BCUT2D eigenvalue weighted by molar-refractivity contribution is 0.477. The number of nitrogen functional groups attached to an aromatic ring is 1. The van der Waals surface area contributed by atoms with Crippen molar-refractivity contribution in [2.75, 3.05) is 5.73 Å². The lowest BCUT2D eigenvalue weighted by Crippen LogP contribution is -1.90. The van der Waals surface area contributed by atoms with E-state index in [4.69, 9.17) is 22.4 Å². The average Bonchev–Trinajstić information content (AvgIpc) is 1.97. The first-order valence-corrected chi connectivity index (χ1v) is 4.14. The normalized spacial score (nSPS) is 10.1. The average molecular weight is 236 g/mol. The number of benzene rings is 1. The van der Waals surface area contributed by atoms with E-state index in [1.807, 2.05) is 6.92 Å². The zero-order chi connectivity index (χ0) is 8.59. The maximum absolute atomic E-state index is 9.17. The summed E-state index contributed by atoms with van der Waals surface area (Å²) in [6.45, 7) is 1.82. The van der Waals surface area contributed by atoms with E-state index in [2.05, 4.69) is 15.9 Å². The number of hydrogen-bond acceptors (Lipinski definition) is 2. The van der Waals surface area contributed by atoms with Gasteiger partial charge in [0, 0.05) is 15.6 Å². The molecule has 0 aromatic heterocycles. The van der Waals surface area contributed by atoms with Gasteiger partial charge in [-0.05, 0) is 28.4 Å². The first kappa shape index (κ1) is 8.68. The molecule has 11 heavy (non-hydrogen) atoms. The van der Waals surface area contributed by atoms with Crippen LogP contribution in [0.25, 0.3) is 0 Å². The second-order valence-electron chi connectivity index (χ2n) is 2.23. The van der Waals surface area contributed by atoms with Gasteiger partial charge in [-0.2, -0.15) is 0 Å². The Kier molecular flexibility index (Phi) is 2.30. The summed E-state index contributed by atoms with van der Waals surface area (Å²) in [5.41, 5.74) is 6.66. The zero-order valence-corrected chi connectivity index (χ0v) is 8.20. The summed E-state index contributed by atoms with van der Waals surface area (Å²) in [6.07, 6.45) is 0. The first-order chi connectivity index (χ1) is 5.04. The van der Waals surface area contributed by atoms with Gasteiger partial charge in [-0.15, -0.1) is 0 Å². The molecule has 0 bridgehead atoms. The number of halogens is 2. The number of nitrogens with two attached hydrogens (primary N) is 1. The molecule has 0 aliphatic rings. The standard InChI is InChI=1S/C7H7BrClNO/c1-3-4(9)2-5(11)7(10)6(3)8/h2,11H,10H2,1H3. The lowest BCUT2D eigenvalue weighted by Gasteiger charge is -2.06. The molecule has 1 rings (SSSR count). The zero-order valence-electron chi connectivity index (χ0n) is 5.86. The third kappa shape index (κ3) is 1.44. The Morgan fingerprint density at radius 2 is 2.18 bits per heavy atom. The molecule has 1 aromatic rings. The van der Waals surface area contributed by atoms with Crippen LogP contribution in [0.15, 0.2) is 10.5 Å². The van der Waals surface area contributed by atoms with E-state index < -0.39 is 0 Å². The molecule has 0 aliphatic carbocycles. The number of hydrogen-bond donors (Lipinski definition) is 2. The summed E-state index contributed by atoms with van der Waals surface area (Å²) in [5.74, 6) is 0.00692. The highest BCUT2D eigenvalue weighted by Crippen LogP contribution is 2.36. The highest BCUT2D eigenvalue weighted by atomic mass is 79.9. The minimum Gasteiger partial charge on any atom is -0.506 e. The Hall–Kier alpha value is -0.410. The third-order valence-electron chi connectivity index (χ3n) is 1.46. The molecule has 0 spiro atoms. The van der Waals surface area contributed by atoms with Crippen molar-refractivity contribution in [3.8, 4) is 5.75 Å². The molecule has 4 heteroatoms. The van der Waals surface area contributed by atoms with Crippen LogP contribution in [-0.2, 0) is 0 Å². The number of aromatic hydroxyl groups is 1. The fraction of sp³-hybridized carbons (Fsp3) is 0.143. The first-order valence-electron chi connectivity index (χ1n) is 2.97. The Morgan fingerprint density at radius 1 is 1.64 bits per heavy atom. The van der Waals surface area contributed by atoms with Gasteiger partial charge in [-0.3, -0.25) is 0 Å². The van der Waals surface area contributed by atoms with Crippen molar-refractivity contribution < 1.29 is 5.11 Å². The largest absolute Gasteiger partial charge is 0.506 e. The highest BCUT2D eigenvalue weighted by molar-refractivity contribution is 9.10. The van der Waals surface area contributed by atoms with Gasteiger partial charge in [0.05, 0.1) is 5.69 Å². The molecule has 2 nitrogen and oxygen atoms in total. The maximum atomic E-state index is 9.17. The summed E-state index contributed by atoms with van der Waals surface area (Å²) >= 11 is 8.96. The molecule has 0 fully saturated rings. The molecular formula is C7H7BrClNO. The van der Waals surface area contributed by atoms with Crippen molar-refractivity contribution in [3.05, 3.63) is 21.1 Å². The van der Waals surface area contributed by atoms with Crippen LogP contribution in [0.3, 0.4) is 0 Å². The number of anilines is 1. The smallest absolute Gasteiger partial charge is 0.141 e. The van der Waals surface area contributed by atoms with E-state index in [1.54, 1.807) is 0 Å². The van der Waals surface area contributed by atoms with Crippen LogP contribution in [-0.4, -0.2) is 5.11 Å². The summed E-state index contributed by atoms with van der Waals surface area (Å²) in [6, 6.07) is 1.43. The van der Waals surface area contributed by atoms with E-state index >= 15 is 0 Å². The third-order valence-corrected chi connectivity index (χ3v) is 2.88. The van der Waals surface area contributed by atoms with Gasteiger partial charge in [0.1, 0.15) is 5.75 Å². The van der Waals surface area contributed by atoms with E-state index in [0.29, 0.717) is 15.2 Å². The van der Waals surface area contributed by atoms with E-state index in [9.17, 15) is 0 Å². The Balaban J connectivity index is 3.46. The summed E-state index contributed by atoms with van der Waals surface area (Å²) < 4.78 is 0.655. The number of rotatable bonds is 0. The lowest BCUT2D eigenvalue weighted by atomic mass is 10.2. The molecule has 0 saturated heterocycles. The van der Waals surface area contributed by atoms with Crippen LogP contribution >= 0.6 is 27.5 Å². The van der Waals surface area contributed by atoms with Gasteiger partial charge in [0.2, 0.25) is 0 Å². The van der Waals surface area contributed by atoms with Crippen molar-refractivity contribution in [1.29, 1.82) is 0 Å². The minimum absolute atomic E-state index is 0.00692. The SMILES string of the molecule is Cc1c(Cl)cc(O)c(N)c1Br. The van der Waals surface area contributed by atoms with E-state index in [0.717, 1.165) is 5.56 Å². The maximum Gasteiger partial charge on any atom is 0.141 e. The molecule has 0 amide bonds. The fourth-order valence-electron chi connectivity index (χ4n) is 0.725. The van der Waals surface area contributed by atoms with Crippen molar-refractivity contribution in [3.63, 3.8) is 0 Å². The molecule has 0 aliphatic heterocycles. The van der Waals surface area contributed by atoms with Gasteiger partial charge >= 0.3 is 0 Å². The van der Waals surface area contributed by atoms with Crippen molar-refractivity contribution >= 4 is 33.2 Å². The van der Waals surface area contributed by atoms with Crippen LogP contribution < -0.4 is 5.73 Å². The van der Waals surface area contributed by atoms with Crippen LogP contribution in [0, 0.1) is 6.92 Å². The second-order valence-corrected chi connectivity index (χ2v) is 3.43. The molecule has 0 unspecified atom stereocenters. The van der Waals surface area contributed by atoms with Gasteiger partial charge in [0.25, 0.3) is 0 Å². The van der Waals surface area contributed by atoms with Crippen LogP contribution in [0.1, 0.15) is 5.56 Å². The molecule has 60 valence electrons. The predicted octanol–water partition coefficient (Wildman–Crippen LogP) is 2.70. The summed E-state index contributed by atoms with van der Waals surface area (Å²) in [7, 11) is 0. The number of phenols is 1. The van der Waals surface area contributed by atoms with Crippen molar-refractivity contribution in [1.82, 2.24) is 0 Å². The van der Waals surface area contributed by atoms with Crippen LogP contribution in [0.5, 0.6) is 5.75 Å². The molecule has 0 saturated carbocycles. The molecule has 0 atom stereocenters. The Morgan fingerprint density at radius 3 is 2.73 bits per heavy atom. The minimum atomic E-state index is 0.00692. The van der Waals surface area contributed by atoms with Crippen molar-refractivity contribution in [2.24, 2.45) is 0 Å². The van der Waals surface area contributed by atoms with Gasteiger partial charge in [0.15, 0.2) is 0 Å². The molecule has 3 N–H and O–H groups in total. The van der Waals surface area contributed by atoms with E-state index in [1.165, 1.54) is 6.07 Å². The quantitative estimate of drug-likeness (QED) is 0.537. The fourth-order valence-corrected chi connectivity index (χ4v) is 1.45. The summed E-state index contributed by atoms with van der Waals surface area (Å²) in [4.78, 5) is 0. The van der Waals surface area contributed by atoms with Crippen molar-refractivity contribution in [2.45, 2.75) is 6.92 Å². The molecule has 0 radical (unpaired) electrons. The monoisotopic (exact) mass is 235 g/mol. The Labute approximate surface area is 78.1 Å². The molecule has 1 aromatic carbocycles. The van der Waals surface area contributed by atoms with Gasteiger partial charge < -0.3 is 10.8 Å². The highest BCUT2D eigenvalue weighted by Gasteiger charge is 2.08. The second kappa shape index (κ2) is 2.91.